The van der Waals surface area contributed by atoms with E-state index in [1.807, 2.05) is 18.2 Å². The van der Waals surface area contributed by atoms with Gasteiger partial charge in [-0.15, -0.1) is 0 Å². The number of fused-ring (bicyclic) bond motifs is 2. The minimum Gasteiger partial charge on any atom is -0.495 e. The number of rotatable bonds is 5. The van der Waals surface area contributed by atoms with Gasteiger partial charge in [-0.05, 0) is 36.6 Å². The van der Waals surface area contributed by atoms with Gasteiger partial charge in [0.15, 0.2) is 22.7 Å². The van der Waals surface area contributed by atoms with Crippen LogP contribution in [0.5, 0.6) is 17.2 Å². The van der Waals surface area contributed by atoms with E-state index in [9.17, 15) is 9.59 Å². The highest BCUT2D eigenvalue weighted by Crippen LogP contribution is 2.33. The van der Waals surface area contributed by atoms with Crippen LogP contribution < -0.4 is 25.0 Å². The second-order valence-corrected chi connectivity index (χ2v) is 8.58. The first-order chi connectivity index (χ1) is 16.0. The summed E-state index contributed by atoms with van der Waals surface area (Å²) in [4.78, 5) is 27.6. The monoisotopic (exact) mass is 470 g/mol. The molecule has 1 amide bonds. The topological polar surface area (TPSA) is 90.2 Å². The Kier molecular flexibility index (Phi) is 5.86. The lowest BCUT2D eigenvalue weighted by atomic mass is 10.0. The highest BCUT2D eigenvalue weighted by Gasteiger charge is 2.23. The maximum atomic E-state index is 12.8. The Bertz CT molecular complexity index is 1270. The Morgan fingerprint density at radius 2 is 1.94 bits per heavy atom. The first-order valence-electron chi connectivity index (χ1n) is 10.7. The predicted molar refractivity (Wildman–Crippen MR) is 122 cm³/mol. The van der Waals surface area contributed by atoms with E-state index in [0.717, 1.165) is 49.5 Å². The summed E-state index contributed by atoms with van der Waals surface area (Å²) in [5, 5.41) is 3.60. The van der Waals surface area contributed by atoms with Gasteiger partial charge in [0.25, 0.3) is 5.91 Å². The molecule has 0 bridgehead atoms. The third-order valence-corrected chi connectivity index (χ3v) is 6.29. The Morgan fingerprint density at radius 1 is 1.15 bits per heavy atom. The number of methoxy groups -OCH3 is 1. The summed E-state index contributed by atoms with van der Waals surface area (Å²) in [7, 11) is 1.47. The van der Waals surface area contributed by atoms with Crippen molar-refractivity contribution >= 4 is 28.5 Å². The molecule has 1 N–H and O–H groups in total. The van der Waals surface area contributed by atoms with Crippen LogP contribution in [0.2, 0.25) is 5.02 Å². The molecule has 33 heavy (non-hydrogen) atoms. The zero-order chi connectivity index (χ0) is 22.9. The molecule has 1 fully saturated rings. The molecule has 0 unspecified atom stereocenters. The van der Waals surface area contributed by atoms with Gasteiger partial charge in [0.1, 0.15) is 11.3 Å². The molecule has 1 aromatic heterocycles. The van der Waals surface area contributed by atoms with Crippen LogP contribution >= 0.6 is 11.6 Å². The van der Waals surface area contributed by atoms with Gasteiger partial charge in [-0.1, -0.05) is 17.7 Å². The predicted octanol–water partition coefficient (Wildman–Crippen LogP) is 3.58. The first-order valence-corrected chi connectivity index (χ1v) is 11.1. The van der Waals surface area contributed by atoms with E-state index in [1.54, 1.807) is 0 Å². The average molecular weight is 471 g/mol. The van der Waals surface area contributed by atoms with Crippen molar-refractivity contribution in [2.24, 2.45) is 0 Å². The Morgan fingerprint density at radius 3 is 2.73 bits per heavy atom. The Hall–Kier alpha value is -3.23. The second-order valence-electron chi connectivity index (χ2n) is 8.17. The van der Waals surface area contributed by atoms with Gasteiger partial charge in [-0.3, -0.25) is 14.5 Å². The largest absolute Gasteiger partial charge is 0.495 e. The van der Waals surface area contributed by atoms with Crippen LogP contribution in [0.3, 0.4) is 0 Å². The fourth-order valence-electron chi connectivity index (χ4n) is 4.21. The molecule has 0 radical (unpaired) electrons. The molecule has 172 valence electrons. The molecule has 3 aromatic rings. The molecule has 3 heterocycles. The summed E-state index contributed by atoms with van der Waals surface area (Å²) in [6, 6.07) is 10.2. The van der Waals surface area contributed by atoms with E-state index in [2.05, 4.69) is 10.2 Å². The number of carbonyl (C=O) groups is 1. The van der Waals surface area contributed by atoms with Crippen molar-refractivity contribution in [2.75, 3.05) is 27.0 Å². The van der Waals surface area contributed by atoms with Crippen LogP contribution in [0, 0.1) is 0 Å². The number of hydrogen-bond acceptors (Lipinski definition) is 7. The molecule has 2 aromatic carbocycles. The molecule has 0 aliphatic carbocycles. The van der Waals surface area contributed by atoms with Crippen molar-refractivity contribution in [3.8, 4) is 17.2 Å². The van der Waals surface area contributed by atoms with Crippen molar-refractivity contribution in [3.05, 3.63) is 63.0 Å². The van der Waals surface area contributed by atoms with Gasteiger partial charge < -0.3 is 23.9 Å². The quantitative estimate of drug-likeness (QED) is 0.609. The molecule has 0 saturated carbocycles. The fourth-order valence-corrected chi connectivity index (χ4v) is 4.46. The fraction of sp³-hybridized carbons (Fsp3) is 0.333. The number of carbonyl (C=O) groups excluding carboxylic acids is 1. The SMILES string of the molecule is COc1cc2oc(C(=O)NC3CCN(Cc4ccc5c(c4)OCO5)CC3)cc(=O)c2cc1Cl. The molecular weight excluding hydrogens is 448 g/mol. The summed E-state index contributed by atoms with van der Waals surface area (Å²) < 4.78 is 21.7. The molecular formula is C24H23ClN2O6. The molecule has 0 spiro atoms. The minimum absolute atomic E-state index is 0.00579. The maximum Gasteiger partial charge on any atom is 0.287 e. The lowest BCUT2D eigenvalue weighted by molar-refractivity contribution is 0.0881. The van der Waals surface area contributed by atoms with Crippen LogP contribution in [0.1, 0.15) is 29.0 Å². The number of amides is 1. The molecule has 2 aliphatic heterocycles. The van der Waals surface area contributed by atoms with Gasteiger partial charge in [0.2, 0.25) is 6.79 Å². The van der Waals surface area contributed by atoms with Crippen molar-refractivity contribution in [1.82, 2.24) is 10.2 Å². The Labute approximate surface area is 195 Å². The number of nitrogens with zero attached hydrogens (tertiary/aromatic N) is 1. The van der Waals surface area contributed by atoms with Crippen molar-refractivity contribution in [2.45, 2.75) is 25.4 Å². The molecule has 2 aliphatic rings. The van der Waals surface area contributed by atoms with Gasteiger partial charge in [-0.25, -0.2) is 0 Å². The van der Waals surface area contributed by atoms with Gasteiger partial charge in [0.05, 0.1) is 17.5 Å². The van der Waals surface area contributed by atoms with Gasteiger partial charge in [0, 0.05) is 37.8 Å². The number of benzene rings is 2. The van der Waals surface area contributed by atoms with Crippen LogP contribution in [-0.4, -0.2) is 43.8 Å². The van der Waals surface area contributed by atoms with E-state index in [0.29, 0.717) is 16.2 Å². The van der Waals surface area contributed by atoms with E-state index in [-0.39, 0.29) is 29.6 Å². The van der Waals surface area contributed by atoms with Crippen LogP contribution in [0.4, 0.5) is 0 Å². The minimum atomic E-state index is -0.405. The van der Waals surface area contributed by atoms with E-state index in [4.69, 9.17) is 30.2 Å². The van der Waals surface area contributed by atoms with Crippen molar-refractivity contribution in [1.29, 1.82) is 0 Å². The molecule has 1 saturated heterocycles. The third-order valence-electron chi connectivity index (χ3n) is 5.99. The standard InChI is InChI=1S/C24H23ClN2O6/c1-30-21-11-20-16(9-17(21)25)18(28)10-23(33-20)24(29)26-15-4-6-27(7-5-15)12-14-2-3-19-22(8-14)32-13-31-19/h2-3,8-11,15H,4-7,12-13H2,1H3,(H,26,29). The van der Waals surface area contributed by atoms with E-state index >= 15 is 0 Å². The number of hydrogen-bond donors (Lipinski definition) is 1. The van der Waals surface area contributed by atoms with Gasteiger partial charge >= 0.3 is 0 Å². The summed E-state index contributed by atoms with van der Waals surface area (Å²) in [5.74, 6) is 1.50. The highest BCUT2D eigenvalue weighted by atomic mass is 35.5. The summed E-state index contributed by atoms with van der Waals surface area (Å²) in [5.41, 5.74) is 1.09. The molecule has 0 atom stereocenters. The lowest BCUT2D eigenvalue weighted by Crippen LogP contribution is -2.44. The lowest BCUT2D eigenvalue weighted by Gasteiger charge is -2.32. The summed E-state index contributed by atoms with van der Waals surface area (Å²) >= 11 is 6.09. The summed E-state index contributed by atoms with van der Waals surface area (Å²) in [6.45, 7) is 2.76. The molecule has 5 rings (SSSR count). The van der Waals surface area contributed by atoms with E-state index in [1.165, 1.54) is 25.3 Å². The number of likely N-dealkylation sites (tertiary alicyclic amines) is 1. The molecule has 8 nitrogen and oxygen atoms in total. The van der Waals surface area contributed by atoms with Crippen molar-refractivity contribution in [3.63, 3.8) is 0 Å². The summed E-state index contributed by atoms with van der Waals surface area (Å²) in [6.07, 6.45) is 1.61. The highest BCUT2D eigenvalue weighted by molar-refractivity contribution is 6.32. The smallest absolute Gasteiger partial charge is 0.287 e. The van der Waals surface area contributed by atoms with Crippen molar-refractivity contribution < 1.29 is 23.4 Å². The average Bonchev–Trinajstić information content (AvgIpc) is 3.28. The van der Waals surface area contributed by atoms with Crippen LogP contribution in [0.15, 0.2) is 45.6 Å². The second kappa shape index (κ2) is 8.96. The van der Waals surface area contributed by atoms with Gasteiger partial charge in [-0.2, -0.15) is 0 Å². The zero-order valence-corrected chi connectivity index (χ0v) is 18.8. The third kappa shape index (κ3) is 4.49. The zero-order valence-electron chi connectivity index (χ0n) is 18.1. The number of nitrogens with one attached hydrogen (secondary N) is 1. The van der Waals surface area contributed by atoms with Crippen LogP contribution in [0.25, 0.3) is 11.0 Å². The normalized spacial score (nSPS) is 16.2. The Balaban J connectivity index is 1.21. The molecule has 9 heteroatoms. The number of piperidine rings is 1. The van der Waals surface area contributed by atoms with E-state index < -0.39 is 5.91 Å². The number of halogens is 1. The number of ether oxygens (including phenoxy) is 3. The first kappa shape index (κ1) is 21.6. The maximum absolute atomic E-state index is 12.8. The van der Waals surface area contributed by atoms with Crippen LogP contribution in [-0.2, 0) is 6.54 Å².